The van der Waals surface area contributed by atoms with Gasteiger partial charge in [0.25, 0.3) is 0 Å². The second-order valence-corrected chi connectivity index (χ2v) is 9.38. The molecule has 0 radical (unpaired) electrons. The van der Waals surface area contributed by atoms with Crippen LogP contribution in [0.5, 0.6) is 5.75 Å². The molecule has 5 N–H and O–H groups in total. The van der Waals surface area contributed by atoms with Crippen molar-refractivity contribution in [3.8, 4) is 5.75 Å². The van der Waals surface area contributed by atoms with Crippen molar-refractivity contribution in [1.82, 2.24) is 0 Å². The molecule has 1 aliphatic heterocycles. The highest BCUT2D eigenvalue weighted by atomic mass is 35.5. The number of aliphatic hydroxyl groups is 5. The number of aliphatic hydroxyl groups excluding tert-OH is 5. The first kappa shape index (κ1) is 24.4. The van der Waals surface area contributed by atoms with Crippen LogP contribution in [0.2, 0.25) is 5.02 Å². The molecule has 1 aliphatic carbocycles. The second-order valence-electron chi connectivity index (χ2n) is 8.97. The fourth-order valence-electron chi connectivity index (χ4n) is 4.55. The highest BCUT2D eigenvalue weighted by Gasteiger charge is 2.44. The van der Waals surface area contributed by atoms with Crippen LogP contribution in [0.3, 0.4) is 0 Å². The molecule has 0 amide bonds. The van der Waals surface area contributed by atoms with Gasteiger partial charge < -0.3 is 35.0 Å². The summed E-state index contributed by atoms with van der Waals surface area (Å²) in [6.07, 6.45) is -2.33. The molecule has 2 aliphatic rings. The fraction of sp³-hybridized carbons (Fsp3) is 0.520. The summed E-state index contributed by atoms with van der Waals surface area (Å²) in [5.41, 5.74) is 2.45. The van der Waals surface area contributed by atoms with E-state index in [0.29, 0.717) is 17.0 Å². The zero-order valence-electron chi connectivity index (χ0n) is 18.3. The van der Waals surface area contributed by atoms with E-state index in [4.69, 9.17) is 21.1 Å². The van der Waals surface area contributed by atoms with Crippen LogP contribution < -0.4 is 4.74 Å². The van der Waals surface area contributed by atoms with E-state index >= 15 is 0 Å². The second kappa shape index (κ2) is 10.7. The van der Waals surface area contributed by atoms with E-state index in [2.05, 4.69) is 0 Å². The molecular formula is C25H31ClO7. The highest BCUT2D eigenvalue weighted by molar-refractivity contribution is 6.31. The standard InChI is InChI=1S/C25H31ClO7/c26-20-10-3-15(25-24(31)23(30)22(29)21(13-27)33-25)12-16(20)11-14-1-6-18(7-2-14)32-19-8-4-17(28)5-9-19/h1-3,6-7,10,12,17,19,21-25,27-31H,4-5,8-9,11,13H2/t17-,19+,21-,22-,23+,24-,25+/m1/s1. The topological polar surface area (TPSA) is 120 Å². The van der Waals surface area contributed by atoms with E-state index < -0.39 is 37.1 Å². The Morgan fingerprint density at radius 3 is 2.24 bits per heavy atom. The Hall–Kier alpha value is -1.71. The van der Waals surface area contributed by atoms with Gasteiger partial charge in [-0.15, -0.1) is 0 Å². The summed E-state index contributed by atoms with van der Waals surface area (Å²) >= 11 is 6.42. The smallest absolute Gasteiger partial charge is 0.119 e. The van der Waals surface area contributed by atoms with E-state index in [0.717, 1.165) is 42.6 Å². The van der Waals surface area contributed by atoms with Gasteiger partial charge in [0.2, 0.25) is 0 Å². The van der Waals surface area contributed by atoms with Crippen molar-refractivity contribution in [1.29, 1.82) is 0 Å². The van der Waals surface area contributed by atoms with Crippen molar-refractivity contribution >= 4 is 11.6 Å². The Kier molecular flexibility index (Phi) is 7.91. The minimum absolute atomic E-state index is 0.129. The Morgan fingerprint density at radius 1 is 0.879 bits per heavy atom. The Bertz CT molecular complexity index is 911. The molecule has 0 bridgehead atoms. The molecule has 2 fully saturated rings. The molecule has 1 saturated heterocycles. The van der Waals surface area contributed by atoms with Gasteiger partial charge in [0.05, 0.1) is 18.8 Å². The monoisotopic (exact) mass is 478 g/mol. The van der Waals surface area contributed by atoms with Crippen LogP contribution in [-0.2, 0) is 11.2 Å². The van der Waals surface area contributed by atoms with E-state index in [1.165, 1.54) is 0 Å². The molecule has 0 unspecified atom stereocenters. The van der Waals surface area contributed by atoms with Gasteiger partial charge in [-0.2, -0.15) is 0 Å². The lowest BCUT2D eigenvalue weighted by Gasteiger charge is -2.40. The molecule has 4 rings (SSSR count). The lowest BCUT2D eigenvalue weighted by molar-refractivity contribution is -0.231. The lowest BCUT2D eigenvalue weighted by atomic mass is 9.90. The summed E-state index contributed by atoms with van der Waals surface area (Å²) in [4.78, 5) is 0. The van der Waals surface area contributed by atoms with E-state index in [1.54, 1.807) is 12.1 Å². The number of rotatable bonds is 6. The summed E-state index contributed by atoms with van der Waals surface area (Å²) in [5.74, 6) is 0.793. The van der Waals surface area contributed by atoms with Gasteiger partial charge in [-0.3, -0.25) is 0 Å². The molecule has 180 valence electrons. The quantitative estimate of drug-likeness (QED) is 0.431. The molecule has 1 heterocycles. The van der Waals surface area contributed by atoms with Crippen LogP contribution in [0.4, 0.5) is 0 Å². The van der Waals surface area contributed by atoms with Gasteiger partial charge in [-0.1, -0.05) is 35.9 Å². The number of halogens is 1. The average molecular weight is 479 g/mol. The first-order chi connectivity index (χ1) is 15.9. The van der Waals surface area contributed by atoms with Gasteiger partial charge in [-0.25, -0.2) is 0 Å². The van der Waals surface area contributed by atoms with Crippen molar-refractivity contribution in [3.63, 3.8) is 0 Å². The van der Waals surface area contributed by atoms with E-state index in [1.807, 2.05) is 30.3 Å². The molecule has 2 aromatic rings. The number of benzene rings is 2. The molecule has 33 heavy (non-hydrogen) atoms. The molecule has 0 aromatic heterocycles. The minimum Gasteiger partial charge on any atom is -0.490 e. The van der Waals surface area contributed by atoms with E-state index in [9.17, 15) is 25.5 Å². The third kappa shape index (κ3) is 5.69. The summed E-state index contributed by atoms with van der Waals surface area (Å²) in [7, 11) is 0. The van der Waals surface area contributed by atoms with Gasteiger partial charge >= 0.3 is 0 Å². The average Bonchev–Trinajstić information content (AvgIpc) is 2.82. The molecule has 1 saturated carbocycles. The summed E-state index contributed by atoms with van der Waals surface area (Å²) < 4.78 is 11.7. The van der Waals surface area contributed by atoms with Crippen molar-refractivity contribution in [2.24, 2.45) is 0 Å². The molecule has 5 atom stereocenters. The maximum Gasteiger partial charge on any atom is 0.119 e. The summed E-state index contributed by atoms with van der Waals surface area (Å²) in [6.45, 7) is -0.474. The number of ether oxygens (including phenoxy) is 2. The van der Waals surface area contributed by atoms with Gasteiger partial charge in [0, 0.05) is 5.02 Å². The first-order valence-electron chi connectivity index (χ1n) is 11.4. The fourth-order valence-corrected chi connectivity index (χ4v) is 4.73. The minimum atomic E-state index is -1.43. The maximum atomic E-state index is 10.4. The SMILES string of the molecule is OC[C@H]1O[C@@H](c2ccc(Cl)c(Cc3ccc(O[C@H]4CC[C@@H](O)CC4)cc3)c2)[C@H](O)[C@@H](O)[C@@H]1O. The molecule has 7 nitrogen and oxygen atoms in total. The van der Waals surface area contributed by atoms with Gasteiger partial charge in [-0.05, 0) is 67.0 Å². The Labute approximate surface area is 198 Å². The van der Waals surface area contributed by atoms with Gasteiger partial charge in [0.1, 0.15) is 36.3 Å². The van der Waals surface area contributed by atoms with Crippen LogP contribution in [0.15, 0.2) is 42.5 Å². The highest BCUT2D eigenvalue weighted by Crippen LogP contribution is 2.34. The number of hydrogen-bond donors (Lipinski definition) is 5. The Balaban J connectivity index is 1.45. The van der Waals surface area contributed by atoms with Crippen LogP contribution in [0.25, 0.3) is 0 Å². The largest absolute Gasteiger partial charge is 0.490 e. The summed E-state index contributed by atoms with van der Waals surface area (Å²) in [5, 5.41) is 50.2. The van der Waals surface area contributed by atoms with E-state index in [-0.39, 0.29) is 12.2 Å². The Morgan fingerprint density at radius 2 is 1.58 bits per heavy atom. The van der Waals surface area contributed by atoms with Crippen LogP contribution in [-0.4, -0.2) is 68.8 Å². The lowest BCUT2D eigenvalue weighted by Crippen LogP contribution is -2.55. The van der Waals surface area contributed by atoms with Crippen LogP contribution in [0, 0.1) is 0 Å². The van der Waals surface area contributed by atoms with Crippen molar-refractivity contribution in [2.45, 2.75) is 74.8 Å². The zero-order valence-corrected chi connectivity index (χ0v) is 19.0. The van der Waals surface area contributed by atoms with Crippen molar-refractivity contribution < 1.29 is 35.0 Å². The normalized spacial score (nSPS) is 32.5. The first-order valence-corrected chi connectivity index (χ1v) is 11.8. The van der Waals surface area contributed by atoms with Crippen molar-refractivity contribution in [2.75, 3.05) is 6.61 Å². The molecular weight excluding hydrogens is 448 g/mol. The van der Waals surface area contributed by atoms with Crippen LogP contribution >= 0.6 is 11.6 Å². The molecule has 0 spiro atoms. The predicted octanol–water partition coefficient (Wildman–Crippen LogP) is 2.13. The third-order valence-corrected chi connectivity index (χ3v) is 6.92. The van der Waals surface area contributed by atoms with Crippen LogP contribution in [0.1, 0.15) is 48.5 Å². The summed E-state index contributed by atoms with van der Waals surface area (Å²) in [6, 6.07) is 13.0. The number of hydrogen-bond acceptors (Lipinski definition) is 7. The molecule has 8 heteroatoms. The molecule has 2 aromatic carbocycles. The maximum absolute atomic E-state index is 10.4. The zero-order chi connectivity index (χ0) is 23.5. The van der Waals surface area contributed by atoms with Gasteiger partial charge in [0.15, 0.2) is 0 Å². The third-order valence-electron chi connectivity index (χ3n) is 6.55. The predicted molar refractivity (Wildman–Crippen MR) is 122 cm³/mol. The van der Waals surface area contributed by atoms with Crippen molar-refractivity contribution in [3.05, 3.63) is 64.2 Å².